The Labute approximate surface area is 135 Å². The molecule has 1 atom stereocenters. The van der Waals surface area contributed by atoms with Crippen LogP contribution in [0.4, 0.5) is 5.82 Å². The molecule has 8 nitrogen and oxygen atoms in total. The van der Waals surface area contributed by atoms with E-state index in [2.05, 4.69) is 30.5 Å². The molecule has 3 rings (SSSR count). The van der Waals surface area contributed by atoms with Gasteiger partial charge in [0, 0.05) is 30.8 Å². The molecule has 1 fully saturated rings. The van der Waals surface area contributed by atoms with Gasteiger partial charge in [-0.25, -0.2) is 15.0 Å². The third kappa shape index (κ3) is 3.65. The van der Waals surface area contributed by atoms with E-state index in [9.17, 15) is 0 Å². The summed E-state index contributed by atoms with van der Waals surface area (Å²) >= 11 is 0. The number of H-pyrrole nitrogens is 1. The fraction of sp³-hybridized carbons (Fsp3) is 0.600. The lowest BCUT2D eigenvalue weighted by Gasteiger charge is -2.32. The van der Waals surface area contributed by atoms with Crippen LogP contribution in [0.2, 0.25) is 0 Å². The van der Waals surface area contributed by atoms with Crippen molar-refractivity contribution in [1.82, 2.24) is 25.1 Å². The highest BCUT2D eigenvalue weighted by Gasteiger charge is 2.29. The van der Waals surface area contributed by atoms with Crippen LogP contribution in [0.15, 0.2) is 6.07 Å². The third-order valence-corrected chi connectivity index (χ3v) is 4.02. The first-order chi connectivity index (χ1) is 11.0. The Hall–Kier alpha value is -2.06. The minimum atomic E-state index is -0.0539. The average molecular weight is 317 g/mol. The molecule has 0 unspecified atom stereocenters. The molecule has 0 aromatic carbocycles. The summed E-state index contributed by atoms with van der Waals surface area (Å²) in [4.78, 5) is 13.5. The molecule has 2 aromatic heterocycles. The molecule has 0 radical (unpaired) electrons. The summed E-state index contributed by atoms with van der Waals surface area (Å²) in [6.07, 6.45) is 1.94. The van der Waals surface area contributed by atoms with Gasteiger partial charge in [-0.2, -0.15) is 5.10 Å². The molecule has 1 aliphatic carbocycles. The maximum absolute atomic E-state index is 5.90. The highest BCUT2D eigenvalue weighted by molar-refractivity contribution is 5.39. The summed E-state index contributed by atoms with van der Waals surface area (Å²) in [6, 6.07) is 2.22. The maximum Gasteiger partial charge on any atom is 0.172 e. The fourth-order valence-electron chi connectivity index (χ4n) is 2.74. The summed E-state index contributed by atoms with van der Waals surface area (Å²) in [5.41, 5.74) is 6.92. The van der Waals surface area contributed by atoms with Crippen LogP contribution in [0.25, 0.3) is 0 Å². The standard InChI is InChI=1S/C15H23N7O/c1-8(15-18-9(2)21-22-15)17-13-6-12(10-4-11(16)5-10)19-14(20-13)7-23-3/h6,8,10-11H,4-5,7,16H2,1-3H3,(H,17,19,20)(H,18,21,22)/t8-,10?,11?/m0/s1. The van der Waals surface area contributed by atoms with E-state index >= 15 is 0 Å². The van der Waals surface area contributed by atoms with Crippen molar-refractivity contribution in [2.24, 2.45) is 5.73 Å². The van der Waals surface area contributed by atoms with Crippen molar-refractivity contribution in [1.29, 1.82) is 0 Å². The second-order valence-electron chi connectivity index (χ2n) is 6.10. The zero-order chi connectivity index (χ0) is 16.4. The van der Waals surface area contributed by atoms with E-state index in [1.807, 2.05) is 19.9 Å². The van der Waals surface area contributed by atoms with Crippen LogP contribution in [-0.4, -0.2) is 38.3 Å². The predicted molar refractivity (Wildman–Crippen MR) is 85.9 cm³/mol. The first kappa shape index (κ1) is 15.8. The average Bonchev–Trinajstić information content (AvgIpc) is 2.91. The van der Waals surface area contributed by atoms with E-state index in [0.717, 1.165) is 30.2 Å². The Morgan fingerprint density at radius 2 is 2.17 bits per heavy atom. The normalized spacial score (nSPS) is 21.7. The number of anilines is 1. The van der Waals surface area contributed by atoms with E-state index in [1.165, 1.54) is 0 Å². The zero-order valence-corrected chi connectivity index (χ0v) is 13.7. The van der Waals surface area contributed by atoms with Crippen molar-refractivity contribution in [3.8, 4) is 0 Å². The van der Waals surface area contributed by atoms with Crippen LogP contribution in [0.3, 0.4) is 0 Å². The Balaban J connectivity index is 1.79. The van der Waals surface area contributed by atoms with Crippen LogP contribution in [0.1, 0.15) is 54.9 Å². The number of nitrogens with zero attached hydrogens (tertiary/aromatic N) is 4. The summed E-state index contributed by atoms with van der Waals surface area (Å²) in [5, 5.41) is 10.4. The topological polar surface area (TPSA) is 115 Å². The van der Waals surface area contributed by atoms with Crippen molar-refractivity contribution in [3.05, 3.63) is 29.2 Å². The summed E-state index contributed by atoms with van der Waals surface area (Å²) in [7, 11) is 1.64. The van der Waals surface area contributed by atoms with Gasteiger partial charge in [0.15, 0.2) is 11.6 Å². The van der Waals surface area contributed by atoms with Crippen molar-refractivity contribution < 1.29 is 4.74 Å². The quantitative estimate of drug-likeness (QED) is 0.738. The SMILES string of the molecule is COCc1nc(N[C@@H](C)c2n[nH]c(C)n2)cc(C2CC(N)C2)n1. The first-order valence-corrected chi connectivity index (χ1v) is 7.83. The molecule has 0 spiro atoms. The van der Waals surface area contributed by atoms with Crippen LogP contribution in [-0.2, 0) is 11.3 Å². The van der Waals surface area contributed by atoms with E-state index in [-0.39, 0.29) is 12.1 Å². The van der Waals surface area contributed by atoms with Crippen molar-refractivity contribution in [2.45, 2.75) is 51.3 Å². The zero-order valence-electron chi connectivity index (χ0n) is 13.7. The molecule has 2 heterocycles. The summed E-state index contributed by atoms with van der Waals surface area (Å²) in [5.74, 6) is 3.34. The monoisotopic (exact) mass is 317 g/mol. The number of hydrogen-bond acceptors (Lipinski definition) is 7. The van der Waals surface area contributed by atoms with E-state index in [1.54, 1.807) is 7.11 Å². The largest absolute Gasteiger partial charge is 0.377 e. The summed E-state index contributed by atoms with van der Waals surface area (Å²) < 4.78 is 5.18. The van der Waals surface area contributed by atoms with Crippen molar-refractivity contribution >= 4 is 5.82 Å². The molecule has 0 bridgehead atoms. The number of nitrogens with one attached hydrogen (secondary N) is 2. The number of hydrogen-bond donors (Lipinski definition) is 3. The molecule has 1 aliphatic rings. The molecule has 23 heavy (non-hydrogen) atoms. The number of aromatic amines is 1. The Morgan fingerprint density at radius 1 is 1.39 bits per heavy atom. The number of aromatic nitrogens is 5. The fourth-order valence-corrected chi connectivity index (χ4v) is 2.74. The van der Waals surface area contributed by atoms with E-state index < -0.39 is 0 Å². The number of methoxy groups -OCH3 is 1. The molecule has 2 aromatic rings. The predicted octanol–water partition coefficient (Wildman–Crippen LogP) is 1.43. The van der Waals surface area contributed by atoms with Crippen LogP contribution < -0.4 is 11.1 Å². The lowest BCUT2D eigenvalue weighted by Crippen LogP contribution is -2.35. The van der Waals surface area contributed by atoms with Crippen LogP contribution in [0.5, 0.6) is 0 Å². The maximum atomic E-state index is 5.90. The summed E-state index contributed by atoms with van der Waals surface area (Å²) in [6.45, 7) is 4.26. The minimum Gasteiger partial charge on any atom is -0.377 e. The van der Waals surface area contributed by atoms with E-state index in [4.69, 9.17) is 10.5 Å². The Bertz CT molecular complexity index is 666. The lowest BCUT2D eigenvalue weighted by atomic mass is 9.78. The second kappa shape index (κ2) is 6.59. The van der Waals surface area contributed by atoms with Crippen molar-refractivity contribution in [2.75, 3.05) is 12.4 Å². The number of nitrogens with two attached hydrogens (primary N) is 1. The molecule has 4 N–H and O–H groups in total. The Kier molecular flexibility index (Phi) is 4.53. The van der Waals surface area contributed by atoms with Gasteiger partial charge in [0.05, 0.1) is 6.04 Å². The van der Waals surface area contributed by atoms with Gasteiger partial charge in [0.2, 0.25) is 0 Å². The van der Waals surface area contributed by atoms with Gasteiger partial charge in [0.1, 0.15) is 18.2 Å². The molecule has 0 amide bonds. The minimum absolute atomic E-state index is 0.0539. The van der Waals surface area contributed by atoms with Gasteiger partial charge in [-0.15, -0.1) is 0 Å². The number of rotatable bonds is 6. The van der Waals surface area contributed by atoms with Crippen molar-refractivity contribution in [3.63, 3.8) is 0 Å². The van der Waals surface area contributed by atoms with Crippen LogP contribution >= 0.6 is 0 Å². The highest BCUT2D eigenvalue weighted by Crippen LogP contribution is 2.35. The molecule has 0 saturated heterocycles. The van der Waals surface area contributed by atoms with Gasteiger partial charge in [-0.3, -0.25) is 5.10 Å². The van der Waals surface area contributed by atoms with Gasteiger partial charge >= 0.3 is 0 Å². The molecule has 0 aliphatic heterocycles. The van der Waals surface area contributed by atoms with Crippen LogP contribution in [0, 0.1) is 6.92 Å². The van der Waals surface area contributed by atoms with Gasteiger partial charge < -0.3 is 15.8 Å². The molecule has 1 saturated carbocycles. The number of ether oxygens (including phenoxy) is 1. The smallest absolute Gasteiger partial charge is 0.172 e. The lowest BCUT2D eigenvalue weighted by molar-refractivity contribution is 0.177. The van der Waals surface area contributed by atoms with Gasteiger partial charge in [0.25, 0.3) is 0 Å². The molecular formula is C15H23N7O. The number of aryl methyl sites for hydroxylation is 1. The first-order valence-electron chi connectivity index (χ1n) is 7.83. The molecule has 8 heteroatoms. The Morgan fingerprint density at radius 3 is 2.78 bits per heavy atom. The highest BCUT2D eigenvalue weighted by atomic mass is 16.5. The van der Waals surface area contributed by atoms with Gasteiger partial charge in [-0.1, -0.05) is 0 Å². The third-order valence-electron chi connectivity index (χ3n) is 4.02. The molecule has 124 valence electrons. The molecular weight excluding hydrogens is 294 g/mol. The van der Waals surface area contributed by atoms with Gasteiger partial charge in [-0.05, 0) is 26.7 Å². The van der Waals surface area contributed by atoms with E-state index in [0.29, 0.717) is 24.2 Å². The second-order valence-corrected chi connectivity index (χ2v) is 6.10.